The monoisotopic (exact) mass is 241 g/mol. The maximum Gasteiger partial charge on any atom is 0.220 e. The Bertz CT molecular complexity index is 213. The van der Waals surface area contributed by atoms with Crippen molar-refractivity contribution in [1.29, 1.82) is 0 Å². The van der Waals surface area contributed by atoms with Crippen LogP contribution in [0.1, 0.15) is 32.6 Å². The lowest BCUT2D eigenvalue weighted by atomic mass is 9.97. The fraction of sp³-hybridized carbons (Fsp3) is 0.923. The third-order valence-electron chi connectivity index (χ3n) is 3.57. The normalized spacial score (nSPS) is 18.2. The maximum absolute atomic E-state index is 11.5. The third-order valence-corrected chi connectivity index (χ3v) is 3.57. The minimum Gasteiger partial charge on any atom is -0.356 e. The van der Waals surface area contributed by atoms with Crippen molar-refractivity contribution in [3.8, 4) is 0 Å². The highest BCUT2D eigenvalue weighted by atomic mass is 16.1. The zero-order valence-corrected chi connectivity index (χ0v) is 11.3. The Kier molecular flexibility index (Phi) is 7.21. The summed E-state index contributed by atoms with van der Waals surface area (Å²) in [5.74, 6) is 0.893. The molecule has 100 valence electrons. The summed E-state index contributed by atoms with van der Waals surface area (Å²) in [4.78, 5) is 14.0. The molecule has 2 N–H and O–H groups in total. The number of piperidine rings is 1. The van der Waals surface area contributed by atoms with E-state index in [1.165, 1.54) is 25.9 Å². The molecule has 1 rings (SSSR count). The predicted molar refractivity (Wildman–Crippen MR) is 71.0 cm³/mol. The lowest BCUT2D eigenvalue weighted by Gasteiger charge is -2.31. The SMILES string of the molecule is CCN1CCC(CNC(=O)CCCNC)CC1. The first-order chi connectivity index (χ1) is 8.26. The molecule has 0 radical (unpaired) electrons. The summed E-state index contributed by atoms with van der Waals surface area (Å²) >= 11 is 0. The van der Waals surface area contributed by atoms with Crippen molar-refractivity contribution in [3.05, 3.63) is 0 Å². The molecule has 0 saturated carbocycles. The van der Waals surface area contributed by atoms with Gasteiger partial charge in [-0.15, -0.1) is 0 Å². The second-order valence-electron chi connectivity index (χ2n) is 4.89. The summed E-state index contributed by atoms with van der Waals surface area (Å²) in [6, 6.07) is 0. The average Bonchev–Trinajstić information content (AvgIpc) is 2.37. The predicted octanol–water partition coefficient (Wildman–Crippen LogP) is 0.834. The van der Waals surface area contributed by atoms with Gasteiger partial charge in [-0.2, -0.15) is 0 Å². The minimum absolute atomic E-state index is 0.207. The van der Waals surface area contributed by atoms with Crippen LogP contribution >= 0.6 is 0 Å². The highest BCUT2D eigenvalue weighted by Gasteiger charge is 2.18. The van der Waals surface area contributed by atoms with Gasteiger partial charge < -0.3 is 15.5 Å². The lowest BCUT2D eigenvalue weighted by Crippen LogP contribution is -2.38. The van der Waals surface area contributed by atoms with Gasteiger partial charge in [0.15, 0.2) is 0 Å². The van der Waals surface area contributed by atoms with Crippen LogP contribution in [0, 0.1) is 5.92 Å². The third kappa shape index (κ3) is 6.03. The Morgan fingerprint density at radius 3 is 2.65 bits per heavy atom. The topological polar surface area (TPSA) is 44.4 Å². The molecule has 1 aliphatic rings. The number of likely N-dealkylation sites (tertiary alicyclic amines) is 1. The molecule has 0 atom stereocenters. The lowest BCUT2D eigenvalue weighted by molar-refractivity contribution is -0.121. The molecule has 1 aliphatic heterocycles. The zero-order chi connectivity index (χ0) is 12.5. The molecule has 0 aromatic carbocycles. The molecular formula is C13H27N3O. The Hall–Kier alpha value is -0.610. The second-order valence-corrected chi connectivity index (χ2v) is 4.89. The fourth-order valence-electron chi connectivity index (χ4n) is 2.28. The number of rotatable bonds is 7. The molecule has 1 fully saturated rings. The summed E-state index contributed by atoms with van der Waals surface area (Å²) in [5, 5.41) is 6.11. The van der Waals surface area contributed by atoms with Gasteiger partial charge in [-0.3, -0.25) is 4.79 Å². The number of carbonyl (C=O) groups is 1. The van der Waals surface area contributed by atoms with Crippen LogP contribution in [0.25, 0.3) is 0 Å². The van der Waals surface area contributed by atoms with Crippen molar-refractivity contribution >= 4 is 5.91 Å². The molecule has 4 heteroatoms. The van der Waals surface area contributed by atoms with Gasteiger partial charge in [0.1, 0.15) is 0 Å². The molecule has 4 nitrogen and oxygen atoms in total. The van der Waals surface area contributed by atoms with Gasteiger partial charge in [-0.05, 0) is 58.4 Å². The van der Waals surface area contributed by atoms with Crippen LogP contribution < -0.4 is 10.6 Å². The summed E-state index contributed by atoms with van der Waals surface area (Å²) in [7, 11) is 1.92. The standard InChI is InChI=1S/C13H27N3O/c1-3-16-9-6-12(7-10-16)11-15-13(17)5-4-8-14-2/h12,14H,3-11H2,1-2H3,(H,15,17). The summed E-state index contributed by atoms with van der Waals surface area (Å²) in [5.41, 5.74) is 0. The van der Waals surface area contributed by atoms with Gasteiger partial charge in [0, 0.05) is 13.0 Å². The number of nitrogens with one attached hydrogen (secondary N) is 2. The van der Waals surface area contributed by atoms with E-state index < -0.39 is 0 Å². The van der Waals surface area contributed by atoms with E-state index in [0.717, 1.165) is 26.1 Å². The van der Waals surface area contributed by atoms with E-state index in [2.05, 4.69) is 22.5 Å². The van der Waals surface area contributed by atoms with Gasteiger partial charge in [0.2, 0.25) is 5.91 Å². The Morgan fingerprint density at radius 1 is 1.35 bits per heavy atom. The highest BCUT2D eigenvalue weighted by molar-refractivity contribution is 5.75. The van der Waals surface area contributed by atoms with Crippen LogP contribution in [-0.2, 0) is 4.79 Å². The van der Waals surface area contributed by atoms with E-state index in [1.807, 2.05) is 7.05 Å². The van der Waals surface area contributed by atoms with Gasteiger partial charge in [0.25, 0.3) is 0 Å². The van der Waals surface area contributed by atoms with Crippen LogP contribution in [0.15, 0.2) is 0 Å². The summed E-state index contributed by atoms with van der Waals surface area (Å²) < 4.78 is 0. The first-order valence-corrected chi connectivity index (χ1v) is 6.90. The van der Waals surface area contributed by atoms with Crippen LogP contribution in [-0.4, -0.2) is 50.6 Å². The Morgan fingerprint density at radius 2 is 2.06 bits per heavy atom. The van der Waals surface area contributed by atoms with E-state index in [1.54, 1.807) is 0 Å². The van der Waals surface area contributed by atoms with Crippen molar-refractivity contribution in [2.24, 2.45) is 5.92 Å². The van der Waals surface area contributed by atoms with E-state index in [-0.39, 0.29) is 5.91 Å². The van der Waals surface area contributed by atoms with Crippen molar-refractivity contribution < 1.29 is 4.79 Å². The van der Waals surface area contributed by atoms with Crippen molar-refractivity contribution in [3.63, 3.8) is 0 Å². The molecule has 0 aromatic rings. The largest absolute Gasteiger partial charge is 0.356 e. The number of hydrogen-bond acceptors (Lipinski definition) is 3. The molecule has 1 amide bonds. The highest BCUT2D eigenvalue weighted by Crippen LogP contribution is 2.15. The number of nitrogens with zero attached hydrogens (tertiary/aromatic N) is 1. The molecule has 0 aromatic heterocycles. The molecule has 17 heavy (non-hydrogen) atoms. The summed E-state index contributed by atoms with van der Waals surface area (Å²) in [6.45, 7) is 7.54. The van der Waals surface area contributed by atoms with Gasteiger partial charge in [0.05, 0.1) is 0 Å². The maximum atomic E-state index is 11.5. The Balaban J connectivity index is 2.04. The number of carbonyl (C=O) groups excluding carboxylic acids is 1. The average molecular weight is 241 g/mol. The van der Waals surface area contributed by atoms with Crippen molar-refractivity contribution in [2.75, 3.05) is 39.8 Å². The second kappa shape index (κ2) is 8.48. The van der Waals surface area contributed by atoms with Crippen LogP contribution in [0.4, 0.5) is 0 Å². The van der Waals surface area contributed by atoms with E-state index >= 15 is 0 Å². The molecular weight excluding hydrogens is 214 g/mol. The fourth-order valence-corrected chi connectivity index (χ4v) is 2.28. The smallest absolute Gasteiger partial charge is 0.220 e. The number of hydrogen-bond donors (Lipinski definition) is 2. The van der Waals surface area contributed by atoms with Crippen molar-refractivity contribution in [2.45, 2.75) is 32.6 Å². The van der Waals surface area contributed by atoms with Crippen LogP contribution in [0.5, 0.6) is 0 Å². The molecule has 0 unspecified atom stereocenters. The summed E-state index contributed by atoms with van der Waals surface area (Å²) in [6.07, 6.45) is 4.03. The van der Waals surface area contributed by atoms with E-state index in [4.69, 9.17) is 0 Å². The Labute approximate surface area is 105 Å². The molecule has 0 bridgehead atoms. The van der Waals surface area contributed by atoms with E-state index in [9.17, 15) is 4.79 Å². The van der Waals surface area contributed by atoms with Gasteiger partial charge >= 0.3 is 0 Å². The minimum atomic E-state index is 0.207. The molecule has 0 spiro atoms. The first kappa shape index (κ1) is 14.5. The quantitative estimate of drug-likeness (QED) is 0.649. The van der Waals surface area contributed by atoms with Crippen LogP contribution in [0.3, 0.4) is 0 Å². The molecule has 1 heterocycles. The number of amides is 1. The first-order valence-electron chi connectivity index (χ1n) is 6.90. The van der Waals surface area contributed by atoms with Gasteiger partial charge in [-0.25, -0.2) is 0 Å². The molecule has 0 aliphatic carbocycles. The van der Waals surface area contributed by atoms with Crippen molar-refractivity contribution in [1.82, 2.24) is 15.5 Å². The van der Waals surface area contributed by atoms with Gasteiger partial charge in [-0.1, -0.05) is 6.92 Å². The van der Waals surface area contributed by atoms with E-state index in [0.29, 0.717) is 12.3 Å². The van der Waals surface area contributed by atoms with Crippen LogP contribution in [0.2, 0.25) is 0 Å². The molecule has 1 saturated heterocycles. The zero-order valence-electron chi connectivity index (χ0n) is 11.3.